The van der Waals surface area contributed by atoms with Crippen molar-refractivity contribution >= 4 is 11.6 Å². The first-order valence-corrected chi connectivity index (χ1v) is 4.72. The van der Waals surface area contributed by atoms with Crippen LogP contribution in [0, 0.1) is 5.41 Å². The Hall–Kier alpha value is -1.33. The summed E-state index contributed by atoms with van der Waals surface area (Å²) in [6, 6.07) is 4.16. The first-order chi connectivity index (χ1) is 6.30. The molecule has 0 radical (unpaired) electrons. The van der Waals surface area contributed by atoms with Crippen molar-refractivity contribution in [3.8, 4) is 0 Å². The average Bonchev–Trinajstić information content (AvgIpc) is 2.76. The van der Waals surface area contributed by atoms with Gasteiger partial charge in [0.25, 0.3) is 0 Å². The molecule has 2 aliphatic rings. The van der Waals surface area contributed by atoms with E-state index < -0.39 is 0 Å². The first-order valence-electron chi connectivity index (χ1n) is 4.72. The third-order valence-corrected chi connectivity index (χ3v) is 3.06. The van der Waals surface area contributed by atoms with Crippen LogP contribution in [-0.2, 0) is 0 Å². The monoisotopic (exact) mass is 169 g/mol. The molecule has 0 amide bonds. The van der Waals surface area contributed by atoms with Crippen molar-refractivity contribution in [2.45, 2.75) is 19.8 Å². The molecular weight excluding hydrogens is 158 g/mol. The number of nitrogens with zero attached hydrogens (tertiary/aromatic N) is 1. The number of hydrogen-bond acceptors (Lipinski definition) is 1. The van der Waals surface area contributed by atoms with Gasteiger partial charge in [0.05, 0.1) is 5.69 Å². The predicted molar refractivity (Wildman–Crippen MR) is 53.0 cm³/mol. The molecule has 1 fully saturated rings. The zero-order valence-corrected chi connectivity index (χ0v) is 7.67. The summed E-state index contributed by atoms with van der Waals surface area (Å²) in [4.78, 5) is 4.31. The second-order valence-electron chi connectivity index (χ2n) is 4.16. The van der Waals surface area contributed by atoms with E-state index in [2.05, 4.69) is 23.7 Å². The Balaban J connectivity index is 2.15. The summed E-state index contributed by atoms with van der Waals surface area (Å²) in [5.74, 6) is 0. The fourth-order valence-corrected chi connectivity index (χ4v) is 1.90. The van der Waals surface area contributed by atoms with Crippen molar-refractivity contribution in [1.82, 2.24) is 4.98 Å². The summed E-state index contributed by atoms with van der Waals surface area (Å²) in [5, 5.41) is 0. The lowest BCUT2D eigenvalue weighted by Crippen LogP contribution is -1.97. The van der Waals surface area contributed by atoms with Gasteiger partial charge in [-0.1, -0.05) is 13.0 Å². The first kappa shape index (κ1) is 7.11. The van der Waals surface area contributed by atoms with Crippen LogP contribution in [0.3, 0.4) is 0 Å². The molecule has 1 aromatic heterocycles. The van der Waals surface area contributed by atoms with Gasteiger partial charge in [-0.25, -0.2) is 0 Å². The van der Waals surface area contributed by atoms with E-state index in [4.69, 9.17) is 0 Å². The highest BCUT2D eigenvalue weighted by molar-refractivity contribution is 5.83. The van der Waals surface area contributed by atoms with Crippen molar-refractivity contribution in [2.24, 2.45) is 5.41 Å². The van der Waals surface area contributed by atoms with Crippen LogP contribution in [0.25, 0.3) is 11.6 Å². The topological polar surface area (TPSA) is 12.9 Å². The largest absolute Gasteiger partial charge is 0.256 e. The molecule has 0 spiro atoms. The van der Waals surface area contributed by atoms with E-state index in [1.54, 1.807) is 0 Å². The van der Waals surface area contributed by atoms with Crippen molar-refractivity contribution in [1.29, 1.82) is 0 Å². The van der Waals surface area contributed by atoms with Crippen LogP contribution in [0.4, 0.5) is 0 Å². The number of fused-ring (bicyclic) bond motifs is 1. The quantitative estimate of drug-likeness (QED) is 0.589. The van der Waals surface area contributed by atoms with Crippen LogP contribution < -0.4 is 0 Å². The molecule has 3 rings (SSSR count). The van der Waals surface area contributed by atoms with Gasteiger partial charge in [-0.15, -0.1) is 5.73 Å². The van der Waals surface area contributed by atoms with Crippen LogP contribution in [0.5, 0.6) is 0 Å². The third kappa shape index (κ3) is 0.911. The highest BCUT2D eigenvalue weighted by atomic mass is 14.7. The number of hydrogen-bond donors (Lipinski definition) is 0. The molecule has 13 heavy (non-hydrogen) atoms. The highest BCUT2D eigenvalue weighted by Crippen LogP contribution is 2.56. The SMILES string of the molecule is CC1(C2=C=Cc3ncccc32)CC1. The smallest absolute Gasteiger partial charge is 0.0788 e. The van der Waals surface area contributed by atoms with E-state index in [-0.39, 0.29) is 0 Å². The van der Waals surface area contributed by atoms with Crippen molar-refractivity contribution in [2.75, 3.05) is 0 Å². The average molecular weight is 169 g/mol. The van der Waals surface area contributed by atoms with E-state index >= 15 is 0 Å². The lowest BCUT2D eigenvalue weighted by atomic mass is 9.94. The van der Waals surface area contributed by atoms with Gasteiger partial charge in [-0.2, -0.15) is 0 Å². The Bertz CT molecular complexity index is 432. The van der Waals surface area contributed by atoms with Gasteiger partial charge in [0, 0.05) is 28.8 Å². The molecule has 1 heteroatoms. The minimum Gasteiger partial charge on any atom is -0.256 e. The summed E-state index contributed by atoms with van der Waals surface area (Å²) in [6.45, 7) is 2.31. The molecule has 2 aliphatic carbocycles. The van der Waals surface area contributed by atoms with Crippen LogP contribution >= 0.6 is 0 Å². The van der Waals surface area contributed by atoms with Gasteiger partial charge >= 0.3 is 0 Å². The molecule has 64 valence electrons. The maximum atomic E-state index is 4.31. The predicted octanol–water partition coefficient (Wildman–Crippen LogP) is 2.89. The van der Waals surface area contributed by atoms with Crippen LogP contribution in [0.1, 0.15) is 31.0 Å². The van der Waals surface area contributed by atoms with Gasteiger partial charge in [0.2, 0.25) is 0 Å². The number of rotatable bonds is 1. The Kier molecular flexibility index (Phi) is 1.16. The molecule has 0 unspecified atom stereocenters. The van der Waals surface area contributed by atoms with Crippen LogP contribution in [0.2, 0.25) is 0 Å². The molecule has 0 atom stereocenters. The highest BCUT2D eigenvalue weighted by Gasteiger charge is 2.43. The van der Waals surface area contributed by atoms with Gasteiger partial charge in [0.1, 0.15) is 0 Å². The molecular formula is C12H11N. The standard InChI is InChI=1S/C12H11N/c1-12(6-7-12)10-4-5-11-9(10)3-2-8-13-11/h2-3,5,8H,6-7H2,1H3. The van der Waals surface area contributed by atoms with E-state index in [0.717, 1.165) is 5.69 Å². The third-order valence-electron chi connectivity index (χ3n) is 3.06. The van der Waals surface area contributed by atoms with E-state index in [0.29, 0.717) is 5.41 Å². The fraction of sp³-hybridized carbons (Fsp3) is 0.333. The lowest BCUT2D eigenvalue weighted by molar-refractivity contribution is 0.775. The van der Waals surface area contributed by atoms with Gasteiger partial charge in [0.15, 0.2) is 0 Å². The molecule has 1 heterocycles. The summed E-state index contributed by atoms with van der Waals surface area (Å²) in [6.07, 6.45) is 6.46. The van der Waals surface area contributed by atoms with Crippen molar-refractivity contribution in [3.05, 3.63) is 35.3 Å². The van der Waals surface area contributed by atoms with Gasteiger partial charge < -0.3 is 0 Å². The van der Waals surface area contributed by atoms with E-state index in [1.807, 2.05) is 18.3 Å². The Morgan fingerprint density at radius 2 is 2.31 bits per heavy atom. The van der Waals surface area contributed by atoms with E-state index in [9.17, 15) is 0 Å². The molecule has 0 saturated heterocycles. The maximum Gasteiger partial charge on any atom is 0.0788 e. The number of pyridine rings is 1. The number of allylic oxidation sites excluding steroid dienone is 1. The maximum absolute atomic E-state index is 4.31. The Morgan fingerprint density at radius 1 is 1.46 bits per heavy atom. The number of aromatic nitrogens is 1. The molecule has 0 bridgehead atoms. The van der Waals surface area contributed by atoms with Gasteiger partial charge in [-0.3, -0.25) is 4.98 Å². The summed E-state index contributed by atoms with van der Waals surface area (Å²) < 4.78 is 0. The van der Waals surface area contributed by atoms with Gasteiger partial charge in [-0.05, 0) is 18.9 Å². The molecule has 0 aromatic carbocycles. The Morgan fingerprint density at radius 3 is 3.08 bits per heavy atom. The van der Waals surface area contributed by atoms with Crippen molar-refractivity contribution < 1.29 is 0 Å². The summed E-state index contributed by atoms with van der Waals surface area (Å²) >= 11 is 0. The summed E-state index contributed by atoms with van der Waals surface area (Å²) in [7, 11) is 0. The zero-order chi connectivity index (χ0) is 8.89. The lowest BCUT2D eigenvalue weighted by Gasteiger charge is -2.09. The second kappa shape index (κ2) is 2.12. The minimum absolute atomic E-state index is 0.408. The molecule has 0 N–H and O–H groups in total. The normalized spacial score (nSPS) is 21.2. The molecule has 1 saturated carbocycles. The Labute approximate surface area is 77.8 Å². The minimum atomic E-state index is 0.408. The van der Waals surface area contributed by atoms with Crippen LogP contribution in [0.15, 0.2) is 24.1 Å². The summed E-state index contributed by atoms with van der Waals surface area (Å²) in [5.41, 5.74) is 7.51. The molecule has 1 nitrogen and oxygen atoms in total. The molecule has 1 aromatic rings. The second-order valence-corrected chi connectivity index (χ2v) is 4.16. The van der Waals surface area contributed by atoms with Crippen LogP contribution in [-0.4, -0.2) is 4.98 Å². The molecule has 0 aliphatic heterocycles. The fourth-order valence-electron chi connectivity index (χ4n) is 1.90. The zero-order valence-electron chi connectivity index (χ0n) is 7.67. The van der Waals surface area contributed by atoms with Crippen molar-refractivity contribution in [3.63, 3.8) is 0 Å². The van der Waals surface area contributed by atoms with E-state index in [1.165, 1.54) is 24.0 Å².